The van der Waals surface area contributed by atoms with Gasteiger partial charge in [0.15, 0.2) is 11.8 Å². The zero-order valence-electron chi connectivity index (χ0n) is 15.6. The predicted octanol–water partition coefficient (Wildman–Crippen LogP) is 2.32. The maximum Gasteiger partial charge on any atom is 0.349 e. The number of nitrogens with zero attached hydrogens (tertiary/aromatic N) is 1. The molecule has 0 aromatic heterocycles. The van der Waals surface area contributed by atoms with Crippen molar-refractivity contribution >= 4 is 17.8 Å². The number of amides is 1. The van der Waals surface area contributed by atoms with Crippen LogP contribution >= 0.6 is 0 Å². The lowest BCUT2D eigenvalue weighted by atomic mass is 10.1. The van der Waals surface area contributed by atoms with Crippen LogP contribution in [0.5, 0.6) is 0 Å². The Kier molecular flexibility index (Phi) is 5.29. The zero-order chi connectivity index (χ0) is 20.2. The second-order valence-corrected chi connectivity index (χ2v) is 6.72. The minimum absolute atomic E-state index is 0.00842. The molecule has 0 N–H and O–H groups in total. The molecule has 0 aliphatic carbocycles. The maximum absolute atomic E-state index is 12.7. The fourth-order valence-electron chi connectivity index (χ4n) is 3.12. The van der Waals surface area contributed by atoms with E-state index in [0.29, 0.717) is 0 Å². The number of carbonyl (C=O) groups is 3. The summed E-state index contributed by atoms with van der Waals surface area (Å²) < 4.78 is 16.2. The van der Waals surface area contributed by atoms with Gasteiger partial charge in [0, 0.05) is 0 Å². The fraction of sp³-hybridized carbons (Fsp3) is 0.227. The van der Waals surface area contributed by atoms with Crippen LogP contribution in [0.4, 0.5) is 0 Å². The molecule has 1 unspecified atom stereocenters. The number of esters is 2. The van der Waals surface area contributed by atoms with E-state index in [-0.39, 0.29) is 43.4 Å². The van der Waals surface area contributed by atoms with Crippen LogP contribution in [0.3, 0.4) is 0 Å². The van der Waals surface area contributed by atoms with Crippen LogP contribution in [0, 0.1) is 0 Å². The van der Waals surface area contributed by atoms with E-state index in [1.165, 1.54) is 4.90 Å². The second-order valence-electron chi connectivity index (χ2n) is 6.72. The molecule has 1 amide bonds. The molecule has 0 spiro atoms. The third-order valence-corrected chi connectivity index (χ3v) is 4.72. The van der Waals surface area contributed by atoms with Crippen molar-refractivity contribution in [2.24, 2.45) is 0 Å². The first-order chi connectivity index (χ1) is 14.1. The normalized spacial score (nSPS) is 17.1. The highest BCUT2D eigenvalue weighted by molar-refractivity contribution is 6.14. The Morgan fingerprint density at radius 2 is 1.41 bits per heavy atom. The van der Waals surface area contributed by atoms with Crippen molar-refractivity contribution in [3.8, 4) is 0 Å². The van der Waals surface area contributed by atoms with Crippen molar-refractivity contribution in [3.05, 3.63) is 83.1 Å². The number of fused-ring (bicyclic) bond motifs is 1. The van der Waals surface area contributed by atoms with Crippen LogP contribution in [0.25, 0.3) is 0 Å². The molecule has 1 atom stereocenters. The highest BCUT2D eigenvalue weighted by Gasteiger charge is 2.46. The zero-order valence-corrected chi connectivity index (χ0v) is 15.6. The lowest BCUT2D eigenvalue weighted by molar-refractivity contribution is -0.154. The van der Waals surface area contributed by atoms with Gasteiger partial charge in [-0.1, -0.05) is 60.7 Å². The van der Waals surface area contributed by atoms with Gasteiger partial charge in [0.25, 0.3) is 0 Å². The molecule has 0 bridgehead atoms. The van der Waals surface area contributed by atoms with Crippen molar-refractivity contribution in [1.29, 1.82) is 0 Å². The Hall–Kier alpha value is -3.61. The largest absolute Gasteiger partial charge is 0.471 e. The minimum atomic E-state index is -0.836. The number of rotatable bonds is 6. The monoisotopic (exact) mass is 393 g/mol. The molecule has 7 heteroatoms. The predicted molar refractivity (Wildman–Crippen MR) is 101 cm³/mol. The third kappa shape index (κ3) is 4.13. The molecule has 2 aliphatic rings. The van der Waals surface area contributed by atoms with Gasteiger partial charge in [0.1, 0.15) is 19.0 Å². The van der Waals surface area contributed by atoms with Crippen molar-refractivity contribution in [2.75, 3.05) is 6.54 Å². The summed E-state index contributed by atoms with van der Waals surface area (Å²) in [4.78, 5) is 38.5. The van der Waals surface area contributed by atoms with Gasteiger partial charge < -0.3 is 14.2 Å². The van der Waals surface area contributed by atoms with Gasteiger partial charge >= 0.3 is 11.9 Å². The van der Waals surface area contributed by atoms with Crippen LogP contribution in [0.1, 0.15) is 17.5 Å². The Labute approximate surface area is 167 Å². The summed E-state index contributed by atoms with van der Waals surface area (Å²) in [6.07, 6.45) is -0.203. The van der Waals surface area contributed by atoms with E-state index < -0.39 is 18.2 Å². The molecule has 2 aliphatic heterocycles. The average Bonchev–Trinajstić information content (AvgIpc) is 3.09. The highest BCUT2D eigenvalue weighted by Crippen LogP contribution is 2.32. The summed E-state index contributed by atoms with van der Waals surface area (Å²) in [7, 11) is 0. The topological polar surface area (TPSA) is 82.1 Å². The number of benzene rings is 2. The number of ether oxygens (including phenoxy) is 3. The molecule has 0 saturated carbocycles. The van der Waals surface area contributed by atoms with Crippen LogP contribution in [-0.2, 0) is 41.8 Å². The van der Waals surface area contributed by atoms with E-state index in [9.17, 15) is 14.4 Å². The van der Waals surface area contributed by atoms with Crippen LogP contribution in [-0.4, -0.2) is 35.5 Å². The maximum atomic E-state index is 12.7. The molecule has 2 saturated heterocycles. The lowest BCUT2D eigenvalue weighted by Gasteiger charge is -2.30. The molecule has 2 aromatic carbocycles. The third-order valence-electron chi connectivity index (χ3n) is 4.72. The van der Waals surface area contributed by atoms with E-state index in [1.807, 2.05) is 60.7 Å². The van der Waals surface area contributed by atoms with E-state index in [2.05, 4.69) is 0 Å². The first-order valence-corrected chi connectivity index (χ1v) is 9.23. The van der Waals surface area contributed by atoms with E-state index in [0.717, 1.165) is 11.1 Å². The Morgan fingerprint density at radius 1 is 0.897 bits per heavy atom. The number of carbonyl (C=O) groups excluding carboxylic acids is 3. The molecule has 2 fully saturated rings. The summed E-state index contributed by atoms with van der Waals surface area (Å²) in [5.74, 6) is -1.65. The Balaban J connectivity index is 1.50. The smallest absolute Gasteiger partial charge is 0.349 e. The first-order valence-electron chi connectivity index (χ1n) is 9.23. The number of hydrogen-bond acceptors (Lipinski definition) is 6. The molecular formula is C22H19NO6. The second kappa shape index (κ2) is 8.18. The SMILES string of the molecule is O=C(OCc1ccccc1)C(C(=O)OCc1ccccc1)=C1CN2C(=O)CC2O1. The van der Waals surface area contributed by atoms with Gasteiger partial charge in [-0.05, 0) is 11.1 Å². The van der Waals surface area contributed by atoms with Crippen LogP contribution in [0.2, 0.25) is 0 Å². The quantitative estimate of drug-likeness (QED) is 0.246. The number of β-lactam (4-membered cyclic amide) rings is 1. The van der Waals surface area contributed by atoms with E-state index >= 15 is 0 Å². The number of hydrogen-bond donors (Lipinski definition) is 0. The van der Waals surface area contributed by atoms with Gasteiger partial charge in [-0.25, -0.2) is 9.59 Å². The lowest BCUT2D eigenvalue weighted by Crippen LogP contribution is -2.48. The summed E-state index contributed by atoms with van der Waals surface area (Å²) >= 11 is 0. The van der Waals surface area contributed by atoms with Crippen molar-refractivity contribution in [1.82, 2.24) is 4.90 Å². The van der Waals surface area contributed by atoms with Gasteiger partial charge in [0.05, 0.1) is 13.0 Å². The molecule has 2 aromatic rings. The van der Waals surface area contributed by atoms with Crippen LogP contribution in [0.15, 0.2) is 72.0 Å². The summed E-state index contributed by atoms with van der Waals surface area (Å²) in [5.41, 5.74) is 1.27. The molecule has 0 radical (unpaired) electrons. The van der Waals surface area contributed by atoms with E-state index in [4.69, 9.17) is 14.2 Å². The minimum Gasteiger partial charge on any atom is -0.471 e. The molecule has 29 heavy (non-hydrogen) atoms. The highest BCUT2D eigenvalue weighted by atomic mass is 16.6. The molecule has 4 rings (SSSR count). The molecular weight excluding hydrogens is 374 g/mol. The fourth-order valence-corrected chi connectivity index (χ4v) is 3.12. The molecule has 7 nitrogen and oxygen atoms in total. The average molecular weight is 393 g/mol. The Bertz CT molecular complexity index is 896. The van der Waals surface area contributed by atoms with Crippen molar-refractivity contribution in [3.63, 3.8) is 0 Å². The Morgan fingerprint density at radius 3 is 1.86 bits per heavy atom. The van der Waals surface area contributed by atoms with E-state index in [1.54, 1.807) is 0 Å². The van der Waals surface area contributed by atoms with Gasteiger partial charge in [0.2, 0.25) is 5.91 Å². The summed E-state index contributed by atoms with van der Waals surface area (Å²) in [6, 6.07) is 18.3. The van der Waals surface area contributed by atoms with Crippen molar-refractivity contribution in [2.45, 2.75) is 25.9 Å². The van der Waals surface area contributed by atoms with Gasteiger partial charge in [-0.2, -0.15) is 0 Å². The summed E-state index contributed by atoms with van der Waals surface area (Å²) in [5, 5.41) is 0. The van der Waals surface area contributed by atoms with Crippen molar-refractivity contribution < 1.29 is 28.6 Å². The van der Waals surface area contributed by atoms with Crippen LogP contribution < -0.4 is 0 Å². The summed E-state index contributed by atoms with van der Waals surface area (Å²) in [6.45, 7) is 0.0721. The first kappa shape index (κ1) is 18.7. The van der Waals surface area contributed by atoms with Gasteiger partial charge in [-0.15, -0.1) is 0 Å². The standard InChI is InChI=1S/C22H19NO6/c24-18-11-19-23(18)12-17(29-19)20(21(25)27-13-15-7-3-1-4-8-15)22(26)28-14-16-9-5-2-6-10-16/h1-10,19H,11-14H2. The molecule has 148 valence electrons. The molecule has 2 heterocycles. The van der Waals surface area contributed by atoms with Gasteiger partial charge in [-0.3, -0.25) is 9.69 Å².